The van der Waals surface area contributed by atoms with Gasteiger partial charge in [-0.2, -0.15) is 0 Å². The number of aromatic nitrogens is 1. The van der Waals surface area contributed by atoms with Crippen LogP contribution in [0.4, 0.5) is 0 Å². The van der Waals surface area contributed by atoms with Crippen LogP contribution in [-0.4, -0.2) is 10.1 Å². The van der Waals surface area contributed by atoms with Crippen molar-refractivity contribution in [1.29, 1.82) is 0 Å². The third-order valence-electron chi connectivity index (χ3n) is 1.75. The fourth-order valence-electron chi connectivity index (χ4n) is 1.11. The van der Waals surface area contributed by atoms with E-state index < -0.39 is 0 Å². The number of nitrogens with one attached hydrogen (secondary N) is 1. The molecule has 0 fully saturated rings. The molecule has 0 aromatic carbocycles. The van der Waals surface area contributed by atoms with Crippen LogP contribution in [0, 0.1) is 0 Å². The maximum absolute atomic E-state index is 11.4. The summed E-state index contributed by atoms with van der Waals surface area (Å²) in [7, 11) is 0. The van der Waals surface area contributed by atoms with E-state index in [1.807, 2.05) is 5.38 Å². The molecule has 2 heterocycles. The van der Waals surface area contributed by atoms with E-state index in [1.54, 1.807) is 12.3 Å². The Morgan fingerprint density at radius 2 is 2.42 bits per heavy atom. The maximum Gasteiger partial charge on any atom is 0.195 e. The zero-order valence-electron chi connectivity index (χ0n) is 6.20. The molecule has 2 aromatic heterocycles. The van der Waals surface area contributed by atoms with Crippen LogP contribution in [0.25, 0.3) is 10.2 Å². The standard InChI is InChI=1S/C8H7NO2S/c10-4-5-3-9-8-6(7(5)11)1-2-12-8/h1-3,10H,4H2,(H,9,11). The van der Waals surface area contributed by atoms with Crippen molar-refractivity contribution < 1.29 is 5.11 Å². The summed E-state index contributed by atoms with van der Waals surface area (Å²) < 4.78 is 0. The summed E-state index contributed by atoms with van der Waals surface area (Å²) in [6.45, 7) is -0.207. The number of rotatable bonds is 1. The third kappa shape index (κ3) is 0.964. The Labute approximate surface area is 72.3 Å². The molecule has 0 radical (unpaired) electrons. The van der Waals surface area contributed by atoms with E-state index in [0.29, 0.717) is 10.9 Å². The molecular formula is C8H7NO2S. The molecule has 0 spiro atoms. The van der Waals surface area contributed by atoms with Gasteiger partial charge in [0.2, 0.25) is 0 Å². The van der Waals surface area contributed by atoms with Crippen LogP contribution in [0.3, 0.4) is 0 Å². The number of hydrogen-bond donors (Lipinski definition) is 2. The molecule has 2 N–H and O–H groups in total. The molecule has 12 heavy (non-hydrogen) atoms. The third-order valence-corrected chi connectivity index (χ3v) is 2.59. The fourth-order valence-corrected chi connectivity index (χ4v) is 1.86. The molecule has 0 unspecified atom stereocenters. The number of aliphatic hydroxyl groups excluding tert-OH is 1. The van der Waals surface area contributed by atoms with E-state index in [4.69, 9.17) is 5.11 Å². The molecule has 3 nitrogen and oxygen atoms in total. The zero-order valence-corrected chi connectivity index (χ0v) is 7.02. The summed E-state index contributed by atoms with van der Waals surface area (Å²) >= 11 is 1.48. The monoisotopic (exact) mass is 181 g/mol. The Morgan fingerprint density at radius 1 is 1.58 bits per heavy atom. The Bertz CT molecular complexity index is 457. The second kappa shape index (κ2) is 2.73. The Hall–Kier alpha value is -1.13. The minimum absolute atomic E-state index is 0.0764. The molecule has 0 aliphatic carbocycles. The lowest BCUT2D eigenvalue weighted by Gasteiger charge is -1.94. The molecule has 0 amide bonds. The van der Waals surface area contributed by atoms with Gasteiger partial charge in [-0.15, -0.1) is 11.3 Å². The zero-order chi connectivity index (χ0) is 8.55. The molecule has 0 saturated carbocycles. The van der Waals surface area contributed by atoms with E-state index in [-0.39, 0.29) is 12.0 Å². The van der Waals surface area contributed by atoms with Crippen LogP contribution >= 0.6 is 11.3 Å². The van der Waals surface area contributed by atoms with Gasteiger partial charge in [0.05, 0.1) is 12.0 Å². The van der Waals surface area contributed by atoms with Crippen LogP contribution in [0.1, 0.15) is 5.56 Å². The molecule has 4 heteroatoms. The predicted molar refractivity (Wildman–Crippen MR) is 48.4 cm³/mol. The van der Waals surface area contributed by atoms with Crippen LogP contribution in [0.2, 0.25) is 0 Å². The van der Waals surface area contributed by atoms with Gasteiger partial charge in [0.25, 0.3) is 0 Å². The van der Waals surface area contributed by atoms with Gasteiger partial charge in [-0.1, -0.05) is 0 Å². The highest BCUT2D eigenvalue weighted by Crippen LogP contribution is 2.14. The van der Waals surface area contributed by atoms with Crippen LogP contribution in [-0.2, 0) is 6.61 Å². The molecule has 2 rings (SSSR count). The molecule has 62 valence electrons. The lowest BCUT2D eigenvalue weighted by molar-refractivity contribution is 0.280. The van der Waals surface area contributed by atoms with Crippen molar-refractivity contribution in [3.8, 4) is 0 Å². The quantitative estimate of drug-likeness (QED) is 0.691. The Morgan fingerprint density at radius 3 is 3.17 bits per heavy atom. The molecular weight excluding hydrogens is 174 g/mol. The average molecular weight is 181 g/mol. The molecule has 0 aliphatic rings. The van der Waals surface area contributed by atoms with E-state index in [1.165, 1.54) is 11.3 Å². The van der Waals surface area contributed by atoms with Crippen molar-refractivity contribution in [3.63, 3.8) is 0 Å². The Balaban J connectivity index is 2.88. The van der Waals surface area contributed by atoms with Crippen LogP contribution in [0.15, 0.2) is 22.4 Å². The number of fused-ring (bicyclic) bond motifs is 1. The summed E-state index contributed by atoms with van der Waals surface area (Å²) in [4.78, 5) is 15.3. The molecule has 0 bridgehead atoms. The molecule has 2 aromatic rings. The minimum atomic E-state index is -0.207. The average Bonchev–Trinajstić information content (AvgIpc) is 2.53. The number of thiophene rings is 1. The lowest BCUT2D eigenvalue weighted by Crippen LogP contribution is -2.08. The smallest absolute Gasteiger partial charge is 0.195 e. The van der Waals surface area contributed by atoms with E-state index >= 15 is 0 Å². The van der Waals surface area contributed by atoms with Crippen molar-refractivity contribution in [2.75, 3.05) is 0 Å². The number of H-pyrrole nitrogens is 1. The highest BCUT2D eigenvalue weighted by molar-refractivity contribution is 7.16. The van der Waals surface area contributed by atoms with Crippen molar-refractivity contribution in [1.82, 2.24) is 4.98 Å². The van der Waals surface area contributed by atoms with E-state index in [0.717, 1.165) is 4.83 Å². The predicted octanol–water partition coefficient (Wildman–Crippen LogP) is 1.08. The van der Waals surface area contributed by atoms with Crippen molar-refractivity contribution >= 4 is 21.6 Å². The van der Waals surface area contributed by atoms with Crippen molar-refractivity contribution in [3.05, 3.63) is 33.4 Å². The molecule has 0 atom stereocenters. The van der Waals surface area contributed by atoms with Gasteiger partial charge < -0.3 is 10.1 Å². The SMILES string of the molecule is O=c1c(CO)c[nH]c2sccc12. The van der Waals surface area contributed by atoms with Gasteiger partial charge in [0.15, 0.2) is 5.43 Å². The highest BCUT2D eigenvalue weighted by atomic mass is 32.1. The summed E-state index contributed by atoms with van der Waals surface area (Å²) in [5.74, 6) is 0. The second-order valence-corrected chi connectivity index (χ2v) is 3.38. The first-order valence-electron chi connectivity index (χ1n) is 3.51. The van der Waals surface area contributed by atoms with E-state index in [9.17, 15) is 4.79 Å². The topological polar surface area (TPSA) is 53.1 Å². The summed E-state index contributed by atoms with van der Waals surface area (Å²) in [5.41, 5.74) is 0.341. The molecule has 0 aliphatic heterocycles. The minimum Gasteiger partial charge on any atom is -0.391 e. The van der Waals surface area contributed by atoms with Gasteiger partial charge in [-0.05, 0) is 11.4 Å². The first-order valence-corrected chi connectivity index (χ1v) is 4.39. The van der Waals surface area contributed by atoms with Gasteiger partial charge in [-0.25, -0.2) is 0 Å². The van der Waals surface area contributed by atoms with Crippen LogP contribution in [0.5, 0.6) is 0 Å². The lowest BCUT2D eigenvalue weighted by atomic mass is 10.2. The second-order valence-electron chi connectivity index (χ2n) is 2.46. The normalized spacial score (nSPS) is 10.8. The number of pyridine rings is 1. The number of aliphatic hydroxyl groups is 1. The Kier molecular flexibility index (Phi) is 1.71. The first kappa shape index (κ1) is 7.52. The summed E-state index contributed by atoms with van der Waals surface area (Å²) in [6.07, 6.45) is 1.56. The first-order chi connectivity index (χ1) is 5.83. The maximum atomic E-state index is 11.4. The highest BCUT2D eigenvalue weighted by Gasteiger charge is 2.03. The van der Waals surface area contributed by atoms with E-state index in [2.05, 4.69) is 4.98 Å². The van der Waals surface area contributed by atoms with Gasteiger partial charge in [0.1, 0.15) is 4.83 Å². The van der Waals surface area contributed by atoms with Gasteiger partial charge in [-0.3, -0.25) is 4.79 Å². The summed E-state index contributed by atoms with van der Waals surface area (Å²) in [6, 6.07) is 1.76. The van der Waals surface area contributed by atoms with Crippen molar-refractivity contribution in [2.45, 2.75) is 6.61 Å². The van der Waals surface area contributed by atoms with Gasteiger partial charge in [0, 0.05) is 11.8 Å². The molecule has 0 saturated heterocycles. The summed E-state index contributed by atoms with van der Waals surface area (Å²) in [5, 5.41) is 11.3. The fraction of sp³-hybridized carbons (Fsp3) is 0.125. The van der Waals surface area contributed by atoms with Crippen molar-refractivity contribution in [2.24, 2.45) is 0 Å². The number of aromatic amines is 1. The number of hydrogen-bond acceptors (Lipinski definition) is 3. The van der Waals surface area contributed by atoms with Gasteiger partial charge >= 0.3 is 0 Å². The van der Waals surface area contributed by atoms with Crippen LogP contribution < -0.4 is 5.43 Å². The largest absolute Gasteiger partial charge is 0.391 e.